The predicted molar refractivity (Wildman–Crippen MR) is 127 cm³/mol. The molecule has 0 spiro atoms. The van der Waals surface area contributed by atoms with Crippen molar-refractivity contribution in [2.75, 3.05) is 19.0 Å². The minimum absolute atomic E-state index is 0.0466. The van der Waals surface area contributed by atoms with E-state index in [0.717, 1.165) is 4.31 Å². The highest BCUT2D eigenvalue weighted by Gasteiger charge is 2.27. The van der Waals surface area contributed by atoms with E-state index >= 15 is 0 Å². The van der Waals surface area contributed by atoms with Gasteiger partial charge in [0.2, 0.25) is 15.9 Å². The second-order valence-corrected chi connectivity index (χ2v) is 9.72. The fourth-order valence-corrected chi connectivity index (χ4v) is 4.84. The van der Waals surface area contributed by atoms with Gasteiger partial charge in [0.05, 0.1) is 24.1 Å². The average molecular weight is 507 g/mol. The zero-order chi connectivity index (χ0) is 24.0. The standard InChI is InChI=1S/C23H20Cl2N2O5S/c1-32-23(29)16-8-11-19(12-9-16)26-22(28)15-27(14-17-7-10-18(24)13-21(17)25)33(30,31)20-5-3-2-4-6-20/h2-13H,14-15H2,1H3,(H,26,28). The van der Waals surface area contributed by atoms with E-state index in [1.165, 1.54) is 49.6 Å². The number of carbonyl (C=O) groups excluding carboxylic acids is 2. The molecule has 0 radical (unpaired) electrons. The highest BCUT2D eigenvalue weighted by Crippen LogP contribution is 2.25. The predicted octanol–water partition coefficient (Wildman–Crippen LogP) is 4.61. The minimum atomic E-state index is -4.02. The van der Waals surface area contributed by atoms with Gasteiger partial charge in [-0.25, -0.2) is 13.2 Å². The fourth-order valence-electron chi connectivity index (χ4n) is 2.98. The molecule has 0 heterocycles. The second-order valence-electron chi connectivity index (χ2n) is 6.94. The number of benzene rings is 3. The molecule has 0 aromatic heterocycles. The van der Waals surface area contributed by atoms with Crippen LogP contribution in [0.15, 0.2) is 77.7 Å². The van der Waals surface area contributed by atoms with Gasteiger partial charge in [-0.2, -0.15) is 4.31 Å². The molecule has 0 saturated carbocycles. The zero-order valence-corrected chi connectivity index (χ0v) is 19.8. The van der Waals surface area contributed by atoms with Gasteiger partial charge in [-0.15, -0.1) is 0 Å². The summed E-state index contributed by atoms with van der Waals surface area (Å²) in [4.78, 5) is 24.3. The Morgan fingerprint density at radius 3 is 2.24 bits per heavy atom. The number of rotatable bonds is 8. The summed E-state index contributed by atoms with van der Waals surface area (Å²) in [5, 5.41) is 3.34. The second kappa shape index (κ2) is 10.8. The van der Waals surface area contributed by atoms with Crippen molar-refractivity contribution >= 4 is 50.8 Å². The van der Waals surface area contributed by atoms with Crippen LogP contribution in [0.5, 0.6) is 0 Å². The van der Waals surface area contributed by atoms with E-state index in [9.17, 15) is 18.0 Å². The summed E-state index contributed by atoms with van der Waals surface area (Å²) >= 11 is 12.2. The van der Waals surface area contributed by atoms with Gasteiger partial charge in [-0.05, 0) is 54.1 Å². The molecule has 1 amide bonds. The summed E-state index contributed by atoms with van der Waals surface area (Å²) in [6.07, 6.45) is 0. The van der Waals surface area contributed by atoms with Gasteiger partial charge in [0.1, 0.15) is 0 Å². The number of carbonyl (C=O) groups is 2. The smallest absolute Gasteiger partial charge is 0.337 e. The summed E-state index contributed by atoms with van der Waals surface area (Å²) in [6, 6.07) is 18.6. The van der Waals surface area contributed by atoms with E-state index in [-0.39, 0.29) is 16.5 Å². The topological polar surface area (TPSA) is 92.8 Å². The van der Waals surface area contributed by atoms with Crippen LogP contribution in [0, 0.1) is 0 Å². The summed E-state index contributed by atoms with van der Waals surface area (Å²) in [6.45, 7) is -0.600. The SMILES string of the molecule is COC(=O)c1ccc(NC(=O)CN(Cc2ccc(Cl)cc2Cl)S(=O)(=O)c2ccccc2)cc1. The van der Waals surface area contributed by atoms with Gasteiger partial charge >= 0.3 is 5.97 Å². The maximum atomic E-state index is 13.3. The molecule has 1 N–H and O–H groups in total. The first-order valence-electron chi connectivity index (χ1n) is 9.68. The molecule has 0 atom stereocenters. The van der Waals surface area contributed by atoms with Crippen LogP contribution in [0.1, 0.15) is 15.9 Å². The monoisotopic (exact) mass is 506 g/mol. The van der Waals surface area contributed by atoms with Crippen LogP contribution in [0.25, 0.3) is 0 Å². The fraction of sp³-hybridized carbons (Fsp3) is 0.130. The molecular formula is C23H20Cl2N2O5S. The molecular weight excluding hydrogens is 487 g/mol. The lowest BCUT2D eigenvalue weighted by molar-refractivity contribution is -0.116. The highest BCUT2D eigenvalue weighted by molar-refractivity contribution is 7.89. The Balaban J connectivity index is 1.84. The molecule has 10 heteroatoms. The number of nitrogens with zero attached hydrogens (tertiary/aromatic N) is 1. The largest absolute Gasteiger partial charge is 0.465 e. The maximum absolute atomic E-state index is 13.3. The Labute approximate surface area is 201 Å². The number of esters is 1. The third-order valence-electron chi connectivity index (χ3n) is 4.65. The van der Waals surface area contributed by atoms with Crippen LogP contribution in [0.3, 0.4) is 0 Å². The number of anilines is 1. The van der Waals surface area contributed by atoms with Gasteiger partial charge in [0.15, 0.2) is 0 Å². The molecule has 3 aromatic rings. The van der Waals surface area contributed by atoms with Gasteiger partial charge in [-0.1, -0.05) is 47.5 Å². The van der Waals surface area contributed by atoms with Crippen molar-refractivity contribution in [3.8, 4) is 0 Å². The molecule has 172 valence electrons. The normalized spacial score (nSPS) is 11.3. The van der Waals surface area contributed by atoms with E-state index in [0.29, 0.717) is 21.8 Å². The summed E-state index contributed by atoms with van der Waals surface area (Å²) in [5.74, 6) is -1.07. The number of amides is 1. The lowest BCUT2D eigenvalue weighted by Crippen LogP contribution is -2.37. The van der Waals surface area contributed by atoms with E-state index in [1.807, 2.05) is 0 Å². The number of ether oxygens (including phenoxy) is 1. The molecule has 0 fully saturated rings. The Morgan fingerprint density at radius 2 is 1.64 bits per heavy atom. The van der Waals surface area contributed by atoms with E-state index in [4.69, 9.17) is 23.2 Å². The first-order valence-corrected chi connectivity index (χ1v) is 11.9. The molecule has 33 heavy (non-hydrogen) atoms. The third kappa shape index (κ3) is 6.33. The van der Waals surface area contributed by atoms with Crippen molar-refractivity contribution in [2.24, 2.45) is 0 Å². The van der Waals surface area contributed by atoms with Crippen molar-refractivity contribution in [3.63, 3.8) is 0 Å². The molecule has 0 aliphatic carbocycles. The molecule has 3 aromatic carbocycles. The van der Waals surface area contributed by atoms with Crippen LogP contribution >= 0.6 is 23.2 Å². The van der Waals surface area contributed by atoms with E-state index < -0.39 is 28.4 Å². The van der Waals surface area contributed by atoms with E-state index in [2.05, 4.69) is 10.1 Å². The Bertz CT molecular complexity index is 1250. The van der Waals surface area contributed by atoms with Crippen LogP contribution in [-0.2, 0) is 26.1 Å². The lowest BCUT2D eigenvalue weighted by atomic mass is 10.2. The molecule has 7 nitrogen and oxygen atoms in total. The van der Waals surface area contributed by atoms with Gasteiger partial charge < -0.3 is 10.1 Å². The summed E-state index contributed by atoms with van der Waals surface area (Å²) in [7, 11) is -2.74. The van der Waals surface area contributed by atoms with Crippen molar-refractivity contribution in [3.05, 3.63) is 94.0 Å². The first kappa shape index (κ1) is 24.7. The summed E-state index contributed by atoms with van der Waals surface area (Å²) in [5.41, 5.74) is 1.21. The maximum Gasteiger partial charge on any atom is 0.337 e. The molecule has 0 aliphatic heterocycles. The molecule has 0 aliphatic rings. The van der Waals surface area contributed by atoms with E-state index in [1.54, 1.807) is 30.3 Å². The van der Waals surface area contributed by atoms with Crippen LogP contribution in [0.4, 0.5) is 5.69 Å². The van der Waals surface area contributed by atoms with Crippen LogP contribution in [-0.4, -0.2) is 38.3 Å². The number of nitrogens with one attached hydrogen (secondary N) is 1. The van der Waals surface area contributed by atoms with Crippen LogP contribution in [0.2, 0.25) is 10.0 Å². The third-order valence-corrected chi connectivity index (χ3v) is 7.05. The quantitative estimate of drug-likeness (QED) is 0.450. The zero-order valence-electron chi connectivity index (χ0n) is 17.5. The number of hydrogen-bond acceptors (Lipinski definition) is 5. The van der Waals surface area contributed by atoms with Crippen molar-refractivity contribution in [1.82, 2.24) is 4.31 Å². The highest BCUT2D eigenvalue weighted by atomic mass is 35.5. The number of hydrogen-bond donors (Lipinski definition) is 1. The minimum Gasteiger partial charge on any atom is -0.465 e. The Kier molecular flexibility index (Phi) is 8.10. The van der Waals surface area contributed by atoms with Gasteiger partial charge in [0, 0.05) is 22.3 Å². The first-order chi connectivity index (χ1) is 15.7. The van der Waals surface area contributed by atoms with Gasteiger partial charge in [-0.3, -0.25) is 4.79 Å². The Morgan fingerprint density at radius 1 is 0.970 bits per heavy atom. The molecule has 0 bridgehead atoms. The summed E-state index contributed by atoms with van der Waals surface area (Å²) < 4.78 is 32.2. The number of sulfonamides is 1. The van der Waals surface area contributed by atoms with Crippen LogP contribution < -0.4 is 5.32 Å². The van der Waals surface area contributed by atoms with Gasteiger partial charge in [0.25, 0.3) is 0 Å². The lowest BCUT2D eigenvalue weighted by Gasteiger charge is -2.22. The Hall–Kier alpha value is -2.91. The van der Waals surface area contributed by atoms with Crippen molar-refractivity contribution in [1.29, 1.82) is 0 Å². The average Bonchev–Trinajstić information content (AvgIpc) is 2.80. The van der Waals surface area contributed by atoms with Crippen molar-refractivity contribution in [2.45, 2.75) is 11.4 Å². The number of halogens is 2. The molecule has 0 saturated heterocycles. The van der Waals surface area contributed by atoms with Crippen molar-refractivity contribution < 1.29 is 22.7 Å². The number of methoxy groups -OCH3 is 1. The molecule has 3 rings (SSSR count). The molecule has 0 unspecified atom stereocenters.